The molecule has 14 heavy (non-hydrogen) atoms. The minimum absolute atomic E-state index is 0.601. The Kier molecular flexibility index (Phi) is 5.06. The molecule has 1 fully saturated rings. The molecule has 1 aliphatic rings. The molecule has 0 radical (unpaired) electrons. The van der Waals surface area contributed by atoms with E-state index >= 15 is 0 Å². The van der Waals surface area contributed by atoms with Crippen LogP contribution in [0.3, 0.4) is 0 Å². The van der Waals surface area contributed by atoms with Gasteiger partial charge in [-0.05, 0) is 20.4 Å². The second kappa shape index (κ2) is 5.83. The molecule has 1 aliphatic heterocycles. The number of hydrogen-bond donors (Lipinski definition) is 1. The molecule has 0 bridgehead atoms. The van der Waals surface area contributed by atoms with Gasteiger partial charge in [-0.2, -0.15) is 0 Å². The van der Waals surface area contributed by atoms with E-state index in [1.54, 1.807) is 0 Å². The minimum Gasteiger partial charge on any atom is -0.312 e. The van der Waals surface area contributed by atoms with E-state index < -0.39 is 10.8 Å². The van der Waals surface area contributed by atoms with Crippen molar-refractivity contribution in [3.05, 3.63) is 0 Å². The van der Waals surface area contributed by atoms with Crippen LogP contribution in [0.4, 0.5) is 0 Å². The first-order valence-corrected chi connectivity index (χ1v) is 6.91. The van der Waals surface area contributed by atoms with E-state index in [2.05, 4.69) is 24.2 Å². The zero-order valence-corrected chi connectivity index (χ0v) is 10.3. The van der Waals surface area contributed by atoms with Gasteiger partial charge in [-0.15, -0.1) is 0 Å². The average Bonchev–Trinajstić information content (AvgIpc) is 2.46. The Hall–Kier alpha value is 0.0700. The van der Waals surface area contributed by atoms with Crippen LogP contribution in [0.5, 0.6) is 0 Å². The van der Waals surface area contributed by atoms with Crippen LogP contribution in [0.1, 0.15) is 20.3 Å². The van der Waals surface area contributed by atoms with Gasteiger partial charge in [0.2, 0.25) is 0 Å². The summed E-state index contributed by atoms with van der Waals surface area (Å²) in [4.78, 5) is 2.37. The summed E-state index contributed by atoms with van der Waals surface area (Å²) in [5.74, 6) is 1.58. The molecule has 0 aromatic rings. The standard InChI is InChI=1S/C10H22N2OS/c1-4-14(13)6-5-11-10-7-9(2)12(3)8-10/h9-11H,4-8H2,1-3H3. The number of nitrogens with zero attached hydrogens (tertiary/aromatic N) is 1. The van der Waals surface area contributed by atoms with Gasteiger partial charge in [-0.1, -0.05) is 6.92 Å². The largest absolute Gasteiger partial charge is 0.312 e. The van der Waals surface area contributed by atoms with Gasteiger partial charge in [0.15, 0.2) is 0 Å². The quantitative estimate of drug-likeness (QED) is 0.726. The van der Waals surface area contributed by atoms with Crippen molar-refractivity contribution < 1.29 is 4.21 Å². The van der Waals surface area contributed by atoms with Gasteiger partial charge in [0.05, 0.1) is 0 Å². The van der Waals surface area contributed by atoms with Gasteiger partial charge in [-0.25, -0.2) is 0 Å². The van der Waals surface area contributed by atoms with E-state index in [4.69, 9.17) is 0 Å². The number of nitrogens with one attached hydrogen (secondary N) is 1. The van der Waals surface area contributed by atoms with Crippen molar-refractivity contribution in [2.24, 2.45) is 0 Å². The maximum atomic E-state index is 11.2. The minimum atomic E-state index is -0.621. The molecule has 0 aliphatic carbocycles. The summed E-state index contributed by atoms with van der Waals surface area (Å²) in [6.07, 6.45) is 1.22. The van der Waals surface area contributed by atoms with Gasteiger partial charge in [-0.3, -0.25) is 4.21 Å². The van der Waals surface area contributed by atoms with Crippen molar-refractivity contribution in [3.63, 3.8) is 0 Å². The van der Waals surface area contributed by atoms with E-state index in [0.717, 1.165) is 24.6 Å². The van der Waals surface area contributed by atoms with Crippen molar-refractivity contribution in [2.75, 3.05) is 31.6 Å². The Morgan fingerprint density at radius 3 is 2.79 bits per heavy atom. The third-order valence-electron chi connectivity index (χ3n) is 2.97. The second-order valence-electron chi connectivity index (χ2n) is 4.11. The number of likely N-dealkylation sites (N-methyl/N-ethyl adjacent to an activating group) is 1. The van der Waals surface area contributed by atoms with E-state index in [-0.39, 0.29) is 0 Å². The molecule has 0 aromatic heterocycles. The number of hydrogen-bond acceptors (Lipinski definition) is 3. The lowest BCUT2D eigenvalue weighted by atomic mass is 10.2. The fourth-order valence-electron chi connectivity index (χ4n) is 1.86. The third-order valence-corrected chi connectivity index (χ3v) is 4.27. The maximum absolute atomic E-state index is 11.2. The van der Waals surface area contributed by atoms with Crippen molar-refractivity contribution in [1.82, 2.24) is 10.2 Å². The first-order valence-electron chi connectivity index (χ1n) is 5.42. The first-order chi connectivity index (χ1) is 6.63. The fourth-order valence-corrected chi connectivity index (χ4v) is 2.50. The summed E-state index contributed by atoms with van der Waals surface area (Å²) >= 11 is 0. The lowest BCUT2D eigenvalue weighted by Crippen LogP contribution is -2.34. The topological polar surface area (TPSA) is 32.3 Å². The summed E-state index contributed by atoms with van der Waals surface area (Å²) in [5.41, 5.74) is 0. The highest BCUT2D eigenvalue weighted by Crippen LogP contribution is 2.14. The van der Waals surface area contributed by atoms with Crippen LogP contribution in [0.2, 0.25) is 0 Å². The molecule has 1 heterocycles. The molecular weight excluding hydrogens is 196 g/mol. The Balaban J connectivity index is 2.11. The van der Waals surface area contributed by atoms with Gasteiger partial charge in [0.1, 0.15) is 0 Å². The summed E-state index contributed by atoms with van der Waals surface area (Å²) in [6.45, 7) is 6.25. The van der Waals surface area contributed by atoms with Crippen molar-refractivity contribution in [1.29, 1.82) is 0 Å². The molecule has 3 unspecified atom stereocenters. The predicted octanol–water partition coefficient (Wildman–Crippen LogP) is 0.437. The van der Waals surface area contributed by atoms with Crippen molar-refractivity contribution in [2.45, 2.75) is 32.4 Å². The molecule has 1 saturated heterocycles. The highest BCUT2D eigenvalue weighted by Gasteiger charge is 2.25. The Labute approximate surface area is 89.7 Å². The summed E-state index contributed by atoms with van der Waals surface area (Å²) < 4.78 is 11.2. The highest BCUT2D eigenvalue weighted by atomic mass is 32.2. The molecule has 84 valence electrons. The fraction of sp³-hybridized carbons (Fsp3) is 1.00. The molecule has 1 N–H and O–H groups in total. The third kappa shape index (κ3) is 3.67. The van der Waals surface area contributed by atoms with Crippen LogP contribution in [0.25, 0.3) is 0 Å². The summed E-state index contributed by atoms with van der Waals surface area (Å²) in [6, 6.07) is 1.29. The average molecular weight is 218 g/mol. The molecule has 0 saturated carbocycles. The molecule has 0 amide bonds. The monoisotopic (exact) mass is 218 g/mol. The van der Waals surface area contributed by atoms with Crippen molar-refractivity contribution in [3.8, 4) is 0 Å². The van der Waals surface area contributed by atoms with Crippen molar-refractivity contribution >= 4 is 10.8 Å². The molecule has 0 spiro atoms. The first kappa shape index (κ1) is 12.1. The van der Waals surface area contributed by atoms with E-state index in [1.807, 2.05) is 6.92 Å². The molecule has 4 heteroatoms. The van der Waals surface area contributed by atoms with Gasteiger partial charge in [0, 0.05) is 47.5 Å². The van der Waals surface area contributed by atoms with Crippen LogP contribution < -0.4 is 5.32 Å². The van der Waals surface area contributed by atoms with Gasteiger partial charge in [0.25, 0.3) is 0 Å². The molecule has 3 nitrogen and oxygen atoms in total. The molecule has 0 aromatic carbocycles. The van der Waals surface area contributed by atoms with Crippen LogP contribution >= 0.6 is 0 Å². The van der Waals surface area contributed by atoms with Crippen LogP contribution in [0.15, 0.2) is 0 Å². The molecule has 1 rings (SSSR count). The van der Waals surface area contributed by atoms with Crippen LogP contribution in [-0.2, 0) is 10.8 Å². The Bertz CT molecular complexity index is 189. The lowest BCUT2D eigenvalue weighted by molar-refractivity contribution is 0.327. The zero-order chi connectivity index (χ0) is 10.6. The Morgan fingerprint density at radius 1 is 1.57 bits per heavy atom. The van der Waals surface area contributed by atoms with E-state index in [1.165, 1.54) is 6.42 Å². The molecule has 3 atom stereocenters. The van der Waals surface area contributed by atoms with E-state index in [9.17, 15) is 4.21 Å². The SMILES string of the molecule is CCS(=O)CCNC1CC(C)N(C)C1. The summed E-state index contributed by atoms with van der Waals surface area (Å²) in [5, 5.41) is 3.47. The van der Waals surface area contributed by atoms with Gasteiger partial charge >= 0.3 is 0 Å². The number of likely N-dealkylation sites (tertiary alicyclic amines) is 1. The number of rotatable bonds is 5. The van der Waals surface area contributed by atoms with E-state index in [0.29, 0.717) is 12.1 Å². The molecular formula is C10H22N2OS. The summed E-state index contributed by atoms with van der Waals surface area (Å²) in [7, 11) is 1.54. The Morgan fingerprint density at radius 2 is 2.29 bits per heavy atom. The smallest absolute Gasteiger partial charge is 0.0360 e. The van der Waals surface area contributed by atoms with Gasteiger partial charge < -0.3 is 10.2 Å². The highest BCUT2D eigenvalue weighted by molar-refractivity contribution is 7.84. The van der Waals surface area contributed by atoms with Crippen LogP contribution in [0, 0.1) is 0 Å². The second-order valence-corrected chi connectivity index (χ2v) is 5.97. The maximum Gasteiger partial charge on any atom is 0.0360 e. The van der Waals surface area contributed by atoms with Crippen LogP contribution in [-0.4, -0.2) is 52.8 Å². The normalized spacial score (nSPS) is 30.8. The zero-order valence-electron chi connectivity index (χ0n) is 9.45. The predicted molar refractivity (Wildman–Crippen MR) is 62.1 cm³/mol. The lowest BCUT2D eigenvalue weighted by Gasteiger charge is -2.13.